The Morgan fingerprint density at radius 2 is 1.76 bits per heavy atom. The minimum Gasteiger partial charge on any atom is -0.465 e. The molecule has 1 atom stereocenters. The predicted octanol–water partition coefficient (Wildman–Crippen LogP) is 4.15. The van der Waals surface area contributed by atoms with Gasteiger partial charge < -0.3 is 31.1 Å². The summed E-state index contributed by atoms with van der Waals surface area (Å²) in [5.74, 6) is 5.92. The van der Waals surface area contributed by atoms with Crippen molar-refractivity contribution in [2.75, 3.05) is 13.1 Å². The number of aromatic amines is 1. The smallest absolute Gasteiger partial charge is 0.404 e. The Balaban J connectivity index is 1.55. The van der Waals surface area contributed by atoms with E-state index >= 15 is 0 Å². The van der Waals surface area contributed by atoms with Gasteiger partial charge in [0.15, 0.2) is 0 Å². The Bertz CT molecular complexity index is 1370. The van der Waals surface area contributed by atoms with E-state index in [1.165, 1.54) is 12.1 Å². The van der Waals surface area contributed by atoms with Crippen molar-refractivity contribution < 1.29 is 29.0 Å². The van der Waals surface area contributed by atoms with Crippen molar-refractivity contribution in [1.82, 2.24) is 20.9 Å². The highest BCUT2D eigenvalue weighted by atomic mass is 19.1. The second-order valence-corrected chi connectivity index (χ2v) is 8.92. The van der Waals surface area contributed by atoms with Gasteiger partial charge >= 0.3 is 12.2 Å². The van der Waals surface area contributed by atoms with Crippen molar-refractivity contribution in [2.24, 2.45) is 5.92 Å². The van der Waals surface area contributed by atoms with Crippen LogP contribution in [0.1, 0.15) is 41.7 Å². The van der Waals surface area contributed by atoms with E-state index in [2.05, 4.69) is 32.8 Å². The molecular formula is C27H27FN4O5. The molecule has 0 radical (unpaired) electrons. The molecule has 10 heteroatoms. The second-order valence-electron chi connectivity index (χ2n) is 8.92. The third-order valence-electron chi connectivity index (χ3n) is 6.02. The number of H-pyrrole nitrogens is 1. The van der Waals surface area contributed by atoms with Gasteiger partial charge in [0, 0.05) is 36.0 Å². The molecule has 1 aliphatic rings. The zero-order valence-corrected chi connectivity index (χ0v) is 19.9. The number of halogens is 1. The van der Waals surface area contributed by atoms with Gasteiger partial charge in [0.2, 0.25) is 0 Å². The first-order chi connectivity index (χ1) is 17.8. The van der Waals surface area contributed by atoms with Crippen molar-refractivity contribution in [2.45, 2.75) is 31.7 Å². The number of rotatable bonds is 9. The van der Waals surface area contributed by atoms with Crippen molar-refractivity contribution in [1.29, 1.82) is 0 Å². The number of hydrogen-bond acceptors (Lipinski definition) is 3. The van der Waals surface area contributed by atoms with Gasteiger partial charge in [-0.05, 0) is 55.0 Å². The number of benzene rings is 2. The summed E-state index contributed by atoms with van der Waals surface area (Å²) in [7, 11) is 0. The van der Waals surface area contributed by atoms with Gasteiger partial charge in [-0.25, -0.2) is 14.0 Å². The first-order valence-electron chi connectivity index (χ1n) is 12.0. The van der Waals surface area contributed by atoms with Crippen LogP contribution in [0.3, 0.4) is 0 Å². The molecule has 3 aromatic rings. The lowest BCUT2D eigenvalue weighted by Crippen LogP contribution is -2.43. The van der Waals surface area contributed by atoms with E-state index in [4.69, 9.17) is 10.2 Å². The third-order valence-corrected chi connectivity index (χ3v) is 6.02. The maximum atomic E-state index is 13.3. The van der Waals surface area contributed by atoms with E-state index in [1.807, 2.05) is 18.2 Å². The number of nitrogens with one attached hydrogen (secondary N) is 4. The normalized spacial score (nSPS) is 13.3. The fraction of sp³-hybridized carbons (Fsp3) is 0.296. The van der Waals surface area contributed by atoms with Gasteiger partial charge in [0.25, 0.3) is 5.91 Å². The van der Waals surface area contributed by atoms with Crippen molar-refractivity contribution in [3.63, 3.8) is 0 Å². The molecule has 1 aliphatic carbocycles. The Hall–Kier alpha value is -4.52. The first-order valence-corrected chi connectivity index (χ1v) is 12.0. The number of fused-ring (bicyclic) bond motifs is 1. The van der Waals surface area contributed by atoms with Crippen LogP contribution in [0.5, 0.6) is 0 Å². The number of hydrogen-bond donors (Lipinski definition) is 6. The fourth-order valence-electron chi connectivity index (χ4n) is 3.97. The van der Waals surface area contributed by atoms with Crippen molar-refractivity contribution >= 4 is 29.0 Å². The largest absolute Gasteiger partial charge is 0.465 e. The van der Waals surface area contributed by atoms with E-state index in [0.29, 0.717) is 29.8 Å². The highest BCUT2D eigenvalue weighted by molar-refractivity contribution is 6.03. The van der Waals surface area contributed by atoms with E-state index < -0.39 is 24.1 Å². The predicted molar refractivity (Wildman–Crippen MR) is 136 cm³/mol. The summed E-state index contributed by atoms with van der Waals surface area (Å²) < 4.78 is 13.3. The van der Waals surface area contributed by atoms with Crippen LogP contribution < -0.4 is 16.0 Å². The molecule has 3 amide bonds. The summed E-state index contributed by atoms with van der Waals surface area (Å²) in [5.41, 5.74) is 3.23. The van der Waals surface area contributed by atoms with Crippen molar-refractivity contribution in [3.05, 3.63) is 59.5 Å². The number of carbonyl (C=O) groups excluding carboxylic acids is 1. The molecule has 6 N–H and O–H groups in total. The quantitative estimate of drug-likeness (QED) is 0.191. The van der Waals surface area contributed by atoms with Crippen LogP contribution in [-0.4, -0.2) is 52.4 Å². The standard InChI is InChI=1S/C27H27FN4O5/c28-19-9-6-17(7-10-19)18-8-12-21-22(11-5-16-3-4-16)24(32-23(21)14-18)25(33)30-15-20(31-27(36)37)2-1-13-29-26(34)35/h6-10,12,14,16,20,29,31-32H,1-4,13,15H2,(H,30,33)(H,34,35)(H,36,37)/t20-/m0/s1. The Morgan fingerprint density at radius 3 is 2.43 bits per heavy atom. The Labute approximate surface area is 212 Å². The van der Waals surface area contributed by atoms with E-state index in [9.17, 15) is 18.8 Å². The molecule has 4 rings (SSSR count). The van der Waals surface area contributed by atoms with Gasteiger partial charge in [-0.3, -0.25) is 4.79 Å². The maximum Gasteiger partial charge on any atom is 0.404 e. The van der Waals surface area contributed by atoms with Crippen LogP contribution in [0.25, 0.3) is 22.0 Å². The molecule has 192 valence electrons. The molecule has 0 bridgehead atoms. The second kappa shape index (κ2) is 11.5. The number of carboxylic acid groups (broad SMARTS) is 2. The Kier molecular flexibility index (Phi) is 7.93. The SMILES string of the molecule is O=C(O)NCCC[C@@H](CNC(=O)c1[nH]c2cc(-c3ccc(F)cc3)ccc2c1C#CC1CC1)NC(=O)O. The summed E-state index contributed by atoms with van der Waals surface area (Å²) in [6.07, 6.45) is 0.395. The maximum absolute atomic E-state index is 13.3. The highest BCUT2D eigenvalue weighted by Gasteiger charge is 2.21. The van der Waals surface area contributed by atoms with Gasteiger partial charge in [-0.1, -0.05) is 36.1 Å². The molecule has 9 nitrogen and oxygen atoms in total. The summed E-state index contributed by atoms with van der Waals surface area (Å²) in [4.78, 5) is 38.1. The number of amides is 3. The Morgan fingerprint density at radius 1 is 1.03 bits per heavy atom. The van der Waals surface area contributed by atoms with Crippen LogP contribution in [0.2, 0.25) is 0 Å². The van der Waals surface area contributed by atoms with Gasteiger partial charge in [-0.2, -0.15) is 0 Å². The van der Waals surface area contributed by atoms with E-state index in [-0.39, 0.29) is 24.6 Å². The summed E-state index contributed by atoms with van der Waals surface area (Å²) in [5, 5.41) is 26.0. The average Bonchev–Trinajstić information content (AvgIpc) is 3.62. The summed E-state index contributed by atoms with van der Waals surface area (Å²) >= 11 is 0. The lowest BCUT2D eigenvalue weighted by atomic mass is 10.0. The summed E-state index contributed by atoms with van der Waals surface area (Å²) in [6.45, 7) is 0.185. The van der Waals surface area contributed by atoms with Gasteiger partial charge in [0.1, 0.15) is 11.5 Å². The first kappa shape index (κ1) is 25.6. The fourth-order valence-corrected chi connectivity index (χ4v) is 3.97. The molecule has 1 saturated carbocycles. The van der Waals surface area contributed by atoms with Crippen LogP contribution >= 0.6 is 0 Å². The molecular weight excluding hydrogens is 479 g/mol. The highest BCUT2D eigenvalue weighted by Crippen LogP contribution is 2.30. The molecule has 0 spiro atoms. The molecule has 37 heavy (non-hydrogen) atoms. The van der Waals surface area contributed by atoms with Gasteiger partial charge in [-0.15, -0.1) is 0 Å². The van der Waals surface area contributed by atoms with Crippen LogP contribution in [0.4, 0.5) is 14.0 Å². The van der Waals surface area contributed by atoms with E-state index in [0.717, 1.165) is 29.4 Å². The summed E-state index contributed by atoms with van der Waals surface area (Å²) in [6, 6.07) is 11.2. The van der Waals surface area contributed by atoms with Gasteiger partial charge in [0.05, 0.1) is 5.56 Å². The minimum atomic E-state index is -1.24. The molecule has 1 fully saturated rings. The lowest BCUT2D eigenvalue weighted by molar-refractivity contribution is 0.0943. The molecule has 1 heterocycles. The lowest BCUT2D eigenvalue weighted by Gasteiger charge is -2.17. The molecule has 2 aromatic carbocycles. The minimum absolute atomic E-state index is 0.0178. The third kappa shape index (κ3) is 7.01. The van der Waals surface area contributed by atoms with Crippen molar-refractivity contribution in [3.8, 4) is 23.0 Å². The average molecular weight is 507 g/mol. The topological polar surface area (TPSA) is 144 Å². The van der Waals surface area contributed by atoms with Crippen LogP contribution in [0.15, 0.2) is 42.5 Å². The molecule has 0 saturated heterocycles. The van der Waals surface area contributed by atoms with Crippen LogP contribution in [0, 0.1) is 23.6 Å². The number of aromatic nitrogens is 1. The zero-order chi connectivity index (χ0) is 26.4. The molecule has 1 aromatic heterocycles. The monoisotopic (exact) mass is 506 g/mol. The van der Waals surface area contributed by atoms with Crippen LogP contribution in [-0.2, 0) is 0 Å². The number of carbonyl (C=O) groups is 3. The molecule has 0 unspecified atom stereocenters. The van der Waals surface area contributed by atoms with E-state index in [1.54, 1.807) is 12.1 Å². The zero-order valence-electron chi connectivity index (χ0n) is 19.9. The molecule has 0 aliphatic heterocycles.